The molecule has 6 nitrogen and oxygen atoms in total. The lowest BCUT2D eigenvalue weighted by molar-refractivity contribution is 0.0949. The lowest BCUT2D eigenvalue weighted by atomic mass is 10.2. The van der Waals surface area contributed by atoms with Crippen molar-refractivity contribution in [2.45, 2.75) is 13.2 Å². The summed E-state index contributed by atoms with van der Waals surface area (Å²) in [5.74, 6) is 0.312. The third-order valence-corrected chi connectivity index (χ3v) is 5.19. The molecular formula is C25H21BrN4O2. The van der Waals surface area contributed by atoms with Crippen molar-refractivity contribution < 1.29 is 9.53 Å². The third kappa shape index (κ3) is 5.92. The van der Waals surface area contributed by atoms with Gasteiger partial charge in [0.25, 0.3) is 5.91 Å². The Morgan fingerprint density at radius 1 is 0.969 bits per heavy atom. The Kier molecular flexibility index (Phi) is 7.09. The van der Waals surface area contributed by atoms with Crippen LogP contribution in [0.2, 0.25) is 0 Å². The average molecular weight is 489 g/mol. The van der Waals surface area contributed by atoms with Gasteiger partial charge in [-0.15, -0.1) is 0 Å². The maximum atomic E-state index is 12.4. The van der Waals surface area contributed by atoms with E-state index in [4.69, 9.17) is 4.74 Å². The fourth-order valence-corrected chi connectivity index (χ4v) is 3.28. The highest BCUT2D eigenvalue weighted by atomic mass is 79.9. The molecule has 0 saturated carbocycles. The smallest absolute Gasteiger partial charge is 0.291 e. The molecule has 1 aromatic heterocycles. The number of hydrogen-bond acceptors (Lipinski definition) is 4. The zero-order chi connectivity index (χ0) is 22.2. The predicted octanol–water partition coefficient (Wildman–Crippen LogP) is 5.04. The van der Waals surface area contributed by atoms with Crippen molar-refractivity contribution >= 4 is 28.1 Å². The van der Waals surface area contributed by atoms with E-state index in [9.17, 15) is 4.79 Å². The molecule has 1 amide bonds. The quantitative estimate of drug-likeness (QED) is 0.279. The maximum Gasteiger partial charge on any atom is 0.291 e. The highest BCUT2D eigenvalue weighted by molar-refractivity contribution is 9.10. The molecule has 4 rings (SSSR count). The van der Waals surface area contributed by atoms with Gasteiger partial charge >= 0.3 is 0 Å². The van der Waals surface area contributed by atoms with Crippen LogP contribution in [0.4, 0.5) is 0 Å². The van der Waals surface area contributed by atoms with Gasteiger partial charge in [0.2, 0.25) is 0 Å². The van der Waals surface area contributed by atoms with E-state index in [-0.39, 0.29) is 5.91 Å². The van der Waals surface area contributed by atoms with Gasteiger partial charge in [-0.05, 0) is 41.5 Å². The standard InChI is InChI=1S/C25H21BrN4O2/c26-22-12-10-19(11-13-22)17-30-15-14-23(29-30)25(31)28-27-16-21-8-4-5-9-24(21)32-18-20-6-2-1-3-7-20/h1-16H,17-18H2,(H,28,31)/b27-16+. The van der Waals surface area contributed by atoms with Gasteiger partial charge < -0.3 is 4.74 Å². The summed E-state index contributed by atoms with van der Waals surface area (Å²) < 4.78 is 8.65. The predicted molar refractivity (Wildman–Crippen MR) is 128 cm³/mol. The molecule has 160 valence electrons. The molecule has 0 unspecified atom stereocenters. The van der Waals surface area contributed by atoms with Gasteiger partial charge in [0.05, 0.1) is 12.8 Å². The molecular weight excluding hydrogens is 468 g/mol. The van der Waals surface area contributed by atoms with Crippen LogP contribution in [0.5, 0.6) is 5.75 Å². The van der Waals surface area contributed by atoms with E-state index in [1.165, 1.54) is 0 Å². The summed E-state index contributed by atoms with van der Waals surface area (Å²) in [6.45, 7) is 1.03. The Morgan fingerprint density at radius 3 is 2.53 bits per heavy atom. The van der Waals surface area contributed by atoms with Crippen molar-refractivity contribution in [2.75, 3.05) is 0 Å². The lowest BCUT2D eigenvalue weighted by Crippen LogP contribution is -2.18. The topological polar surface area (TPSA) is 68.5 Å². The number of hydrazone groups is 1. The Labute approximate surface area is 194 Å². The minimum Gasteiger partial charge on any atom is -0.488 e. The van der Waals surface area contributed by atoms with Crippen molar-refractivity contribution in [3.63, 3.8) is 0 Å². The van der Waals surface area contributed by atoms with Crippen LogP contribution in [-0.4, -0.2) is 21.9 Å². The van der Waals surface area contributed by atoms with Crippen molar-refractivity contribution in [3.05, 3.63) is 118 Å². The van der Waals surface area contributed by atoms with Gasteiger partial charge in [-0.2, -0.15) is 10.2 Å². The van der Waals surface area contributed by atoms with Crippen LogP contribution in [0.1, 0.15) is 27.2 Å². The van der Waals surface area contributed by atoms with Gasteiger partial charge in [-0.1, -0.05) is 70.5 Å². The molecule has 0 bridgehead atoms. The van der Waals surface area contributed by atoms with Crippen LogP contribution in [0.3, 0.4) is 0 Å². The number of hydrogen-bond donors (Lipinski definition) is 1. The number of amides is 1. The first-order chi connectivity index (χ1) is 15.7. The van der Waals surface area contributed by atoms with Gasteiger partial charge in [-0.25, -0.2) is 5.43 Å². The van der Waals surface area contributed by atoms with E-state index in [1.54, 1.807) is 23.2 Å². The van der Waals surface area contributed by atoms with E-state index in [2.05, 4.69) is 31.6 Å². The second-order valence-corrected chi connectivity index (χ2v) is 7.95. The van der Waals surface area contributed by atoms with Crippen LogP contribution in [0, 0.1) is 0 Å². The summed E-state index contributed by atoms with van der Waals surface area (Å²) in [4.78, 5) is 12.4. The normalized spacial score (nSPS) is 10.9. The number of para-hydroxylation sites is 1. The monoisotopic (exact) mass is 488 g/mol. The zero-order valence-electron chi connectivity index (χ0n) is 17.2. The summed E-state index contributed by atoms with van der Waals surface area (Å²) in [7, 11) is 0. The second-order valence-electron chi connectivity index (χ2n) is 7.04. The van der Waals surface area contributed by atoms with E-state index in [1.807, 2.05) is 78.9 Å². The fraction of sp³-hybridized carbons (Fsp3) is 0.0800. The molecule has 1 N–H and O–H groups in total. The van der Waals surface area contributed by atoms with Gasteiger partial charge in [0, 0.05) is 16.2 Å². The van der Waals surface area contributed by atoms with Crippen molar-refractivity contribution in [1.29, 1.82) is 0 Å². The van der Waals surface area contributed by atoms with Crippen LogP contribution >= 0.6 is 15.9 Å². The number of aromatic nitrogens is 2. The number of nitrogens with zero attached hydrogens (tertiary/aromatic N) is 3. The molecule has 0 aliphatic heterocycles. The van der Waals surface area contributed by atoms with Crippen molar-refractivity contribution in [1.82, 2.24) is 15.2 Å². The Morgan fingerprint density at radius 2 is 1.72 bits per heavy atom. The molecule has 0 saturated heterocycles. The highest BCUT2D eigenvalue weighted by Crippen LogP contribution is 2.17. The summed E-state index contributed by atoms with van der Waals surface area (Å²) in [6, 6.07) is 27.1. The molecule has 0 aliphatic rings. The van der Waals surface area contributed by atoms with Gasteiger partial charge in [0.1, 0.15) is 12.4 Å². The van der Waals surface area contributed by atoms with Crippen LogP contribution in [0.15, 0.2) is 101 Å². The molecule has 0 aliphatic carbocycles. The molecule has 4 aromatic rings. The summed E-state index contributed by atoms with van der Waals surface area (Å²) >= 11 is 3.42. The fourth-order valence-electron chi connectivity index (χ4n) is 3.02. The first kappa shape index (κ1) is 21.5. The number of halogens is 1. The molecule has 0 spiro atoms. The summed E-state index contributed by atoms with van der Waals surface area (Å²) in [6.07, 6.45) is 3.34. The molecule has 0 radical (unpaired) electrons. The molecule has 0 atom stereocenters. The van der Waals surface area contributed by atoms with Crippen LogP contribution < -0.4 is 10.2 Å². The number of rotatable bonds is 8. The number of carbonyl (C=O) groups is 1. The SMILES string of the molecule is O=C(N/N=C/c1ccccc1OCc1ccccc1)c1ccn(Cc2ccc(Br)cc2)n1. The third-order valence-electron chi connectivity index (χ3n) is 4.66. The first-order valence-electron chi connectivity index (χ1n) is 10.0. The molecule has 3 aromatic carbocycles. The number of benzene rings is 3. The zero-order valence-corrected chi connectivity index (χ0v) is 18.8. The number of nitrogens with one attached hydrogen (secondary N) is 1. The van der Waals surface area contributed by atoms with Crippen LogP contribution in [-0.2, 0) is 13.2 Å². The maximum absolute atomic E-state index is 12.4. The van der Waals surface area contributed by atoms with Gasteiger partial charge in [-0.3, -0.25) is 9.48 Å². The average Bonchev–Trinajstić information content (AvgIpc) is 3.29. The molecule has 0 fully saturated rings. The molecule has 1 heterocycles. The summed E-state index contributed by atoms with van der Waals surface area (Å²) in [5, 5.41) is 8.41. The van der Waals surface area contributed by atoms with E-state index in [0.29, 0.717) is 24.6 Å². The summed E-state index contributed by atoms with van der Waals surface area (Å²) in [5.41, 5.74) is 5.76. The van der Waals surface area contributed by atoms with E-state index in [0.717, 1.165) is 21.2 Å². The van der Waals surface area contributed by atoms with Crippen molar-refractivity contribution in [3.8, 4) is 5.75 Å². The molecule has 7 heteroatoms. The van der Waals surface area contributed by atoms with Crippen molar-refractivity contribution in [2.24, 2.45) is 5.10 Å². The van der Waals surface area contributed by atoms with E-state index >= 15 is 0 Å². The van der Waals surface area contributed by atoms with Gasteiger partial charge in [0.15, 0.2) is 5.69 Å². The Balaban J connectivity index is 1.34. The second kappa shape index (κ2) is 10.5. The highest BCUT2D eigenvalue weighted by Gasteiger charge is 2.09. The molecule has 32 heavy (non-hydrogen) atoms. The van der Waals surface area contributed by atoms with Crippen LogP contribution in [0.25, 0.3) is 0 Å². The largest absolute Gasteiger partial charge is 0.488 e. The minimum atomic E-state index is -0.376. The lowest BCUT2D eigenvalue weighted by Gasteiger charge is -2.08. The van der Waals surface area contributed by atoms with E-state index < -0.39 is 0 Å². The Bertz CT molecular complexity index is 1200. The Hall–Kier alpha value is -3.71. The number of carbonyl (C=O) groups excluding carboxylic acids is 1. The minimum absolute atomic E-state index is 0.299. The number of ether oxygens (including phenoxy) is 1. The first-order valence-corrected chi connectivity index (χ1v) is 10.8.